The van der Waals surface area contributed by atoms with E-state index in [0.29, 0.717) is 0 Å². The van der Waals surface area contributed by atoms with Gasteiger partial charge in [0.25, 0.3) is 0 Å². The first-order valence-corrected chi connectivity index (χ1v) is 4.95. The highest BCUT2D eigenvalue weighted by atomic mass is 127. The number of halogens is 4. The Morgan fingerprint density at radius 3 is 2.44 bits per heavy atom. The summed E-state index contributed by atoms with van der Waals surface area (Å²) < 4.78 is 37.1. The number of nitrogens with zero attached hydrogens (tertiary/aromatic N) is 1. The molecule has 88 valence electrons. The van der Waals surface area contributed by atoms with Crippen molar-refractivity contribution in [2.75, 3.05) is 0 Å². The van der Waals surface area contributed by atoms with Crippen molar-refractivity contribution in [1.82, 2.24) is 4.98 Å². The molecule has 1 aromatic heterocycles. The number of hydrogen-bond donors (Lipinski definition) is 2. The van der Waals surface area contributed by atoms with E-state index in [4.69, 9.17) is 10.2 Å². The molecule has 0 bridgehead atoms. The van der Waals surface area contributed by atoms with Gasteiger partial charge in [-0.25, -0.2) is 9.78 Å². The third kappa shape index (κ3) is 3.04. The van der Waals surface area contributed by atoms with Crippen molar-refractivity contribution in [3.63, 3.8) is 0 Å². The van der Waals surface area contributed by atoms with Gasteiger partial charge in [-0.05, 0) is 34.7 Å². The molecule has 0 amide bonds. The predicted molar refractivity (Wildman–Crippen MR) is 54.6 cm³/mol. The molecule has 0 radical (unpaired) electrons. The van der Waals surface area contributed by atoms with Crippen LogP contribution in [0.5, 0.6) is 0 Å². The molecule has 0 fully saturated rings. The van der Waals surface area contributed by atoms with Crippen LogP contribution in [0.1, 0.15) is 17.5 Å². The maximum atomic E-state index is 12.3. The normalized spacial score (nSPS) is 13.6. The molecule has 4 nitrogen and oxygen atoms in total. The van der Waals surface area contributed by atoms with Gasteiger partial charge < -0.3 is 10.2 Å². The van der Waals surface area contributed by atoms with Gasteiger partial charge in [0, 0.05) is 3.57 Å². The highest BCUT2D eigenvalue weighted by Gasteiger charge is 2.34. The summed E-state index contributed by atoms with van der Waals surface area (Å²) in [5, 5.41) is 17.5. The molecular formula is C8H5F3INO3. The standard InChI is InChI=1S/C8H5F3INO3/c9-8(10,11)5-2-3(12)1-4(13-5)6(14)7(15)16/h1-2,6,14H,(H,15,16). The zero-order valence-corrected chi connectivity index (χ0v) is 9.65. The Morgan fingerprint density at radius 1 is 1.44 bits per heavy atom. The molecule has 0 aliphatic rings. The van der Waals surface area contributed by atoms with Gasteiger partial charge in [-0.1, -0.05) is 0 Å². The van der Waals surface area contributed by atoms with Crippen molar-refractivity contribution in [3.8, 4) is 0 Å². The minimum absolute atomic E-state index is 0.148. The number of hydrogen-bond acceptors (Lipinski definition) is 3. The molecule has 0 aliphatic carbocycles. The van der Waals surface area contributed by atoms with E-state index in [-0.39, 0.29) is 3.57 Å². The van der Waals surface area contributed by atoms with Crippen molar-refractivity contribution in [2.45, 2.75) is 12.3 Å². The van der Waals surface area contributed by atoms with E-state index in [2.05, 4.69) is 4.98 Å². The van der Waals surface area contributed by atoms with Crippen molar-refractivity contribution in [2.24, 2.45) is 0 Å². The molecule has 0 spiro atoms. The van der Waals surface area contributed by atoms with E-state index in [0.717, 1.165) is 12.1 Å². The molecule has 16 heavy (non-hydrogen) atoms. The number of pyridine rings is 1. The molecule has 1 atom stereocenters. The smallest absolute Gasteiger partial charge is 0.433 e. The van der Waals surface area contributed by atoms with Gasteiger partial charge in [0.2, 0.25) is 0 Å². The lowest BCUT2D eigenvalue weighted by atomic mass is 10.2. The number of carboxylic acid groups (broad SMARTS) is 1. The second-order valence-corrected chi connectivity index (χ2v) is 4.08. The average molecular weight is 347 g/mol. The van der Waals surface area contributed by atoms with Crippen LogP contribution in [-0.2, 0) is 11.0 Å². The zero-order valence-electron chi connectivity index (χ0n) is 7.49. The van der Waals surface area contributed by atoms with Crippen LogP contribution in [0, 0.1) is 3.57 Å². The molecule has 1 aromatic rings. The van der Waals surface area contributed by atoms with Crippen molar-refractivity contribution in [1.29, 1.82) is 0 Å². The topological polar surface area (TPSA) is 70.4 Å². The summed E-state index contributed by atoms with van der Waals surface area (Å²) in [5.74, 6) is -1.65. The Bertz CT molecular complexity index is 421. The maximum Gasteiger partial charge on any atom is 0.433 e. The largest absolute Gasteiger partial charge is 0.479 e. The highest BCUT2D eigenvalue weighted by molar-refractivity contribution is 14.1. The van der Waals surface area contributed by atoms with Gasteiger partial charge in [0.15, 0.2) is 6.10 Å². The fourth-order valence-corrected chi connectivity index (χ4v) is 1.54. The van der Waals surface area contributed by atoms with Crippen LogP contribution >= 0.6 is 22.6 Å². The van der Waals surface area contributed by atoms with Gasteiger partial charge in [0.1, 0.15) is 5.69 Å². The molecule has 8 heteroatoms. The fourth-order valence-electron chi connectivity index (χ4n) is 0.929. The third-order valence-corrected chi connectivity index (χ3v) is 2.24. The first kappa shape index (κ1) is 13.2. The molecule has 2 N–H and O–H groups in total. The Balaban J connectivity index is 3.23. The van der Waals surface area contributed by atoms with E-state index in [9.17, 15) is 18.0 Å². The van der Waals surface area contributed by atoms with Gasteiger partial charge in [-0.3, -0.25) is 0 Å². The van der Waals surface area contributed by atoms with Crippen LogP contribution < -0.4 is 0 Å². The monoisotopic (exact) mass is 347 g/mol. The summed E-state index contributed by atoms with van der Waals surface area (Å²) in [6.07, 6.45) is -6.73. The van der Waals surface area contributed by atoms with Crippen LogP contribution in [0.3, 0.4) is 0 Å². The minimum atomic E-state index is -4.67. The fraction of sp³-hybridized carbons (Fsp3) is 0.250. The molecule has 0 saturated heterocycles. The first-order chi connectivity index (χ1) is 7.21. The van der Waals surface area contributed by atoms with Crippen LogP contribution in [0.15, 0.2) is 12.1 Å². The van der Waals surface area contributed by atoms with Gasteiger partial charge in [-0.15, -0.1) is 0 Å². The molecule has 0 saturated carbocycles. The molecular weight excluding hydrogens is 342 g/mol. The number of rotatable bonds is 2. The predicted octanol–water partition coefficient (Wildman–Crippen LogP) is 1.82. The molecule has 1 unspecified atom stereocenters. The Labute approximate surface area is 101 Å². The van der Waals surface area contributed by atoms with Crippen molar-refractivity contribution in [3.05, 3.63) is 27.1 Å². The van der Waals surface area contributed by atoms with Gasteiger partial charge in [0.05, 0.1) is 5.69 Å². The second kappa shape index (κ2) is 4.53. The molecule has 0 aromatic carbocycles. The highest BCUT2D eigenvalue weighted by Crippen LogP contribution is 2.29. The maximum absolute atomic E-state index is 12.3. The Hall–Kier alpha value is -0.900. The number of aliphatic carboxylic acids is 1. The lowest BCUT2D eigenvalue weighted by Gasteiger charge is -2.10. The number of aromatic nitrogens is 1. The second-order valence-electron chi connectivity index (χ2n) is 2.83. The lowest BCUT2D eigenvalue weighted by molar-refractivity contribution is -0.148. The number of aliphatic hydroxyl groups excluding tert-OH is 1. The quantitative estimate of drug-likeness (QED) is 0.801. The van der Waals surface area contributed by atoms with Crippen LogP contribution in [0.4, 0.5) is 13.2 Å². The van der Waals surface area contributed by atoms with Crippen LogP contribution in [-0.4, -0.2) is 21.2 Å². The van der Waals surface area contributed by atoms with Crippen LogP contribution in [0.2, 0.25) is 0 Å². The summed E-state index contributed by atoms with van der Waals surface area (Å²) >= 11 is 1.58. The van der Waals surface area contributed by atoms with Crippen molar-refractivity contribution < 1.29 is 28.2 Å². The molecule has 0 aliphatic heterocycles. The third-order valence-electron chi connectivity index (χ3n) is 1.61. The minimum Gasteiger partial charge on any atom is -0.479 e. The van der Waals surface area contributed by atoms with E-state index in [1.54, 1.807) is 22.6 Å². The van der Waals surface area contributed by atoms with Gasteiger partial charge >= 0.3 is 12.1 Å². The Morgan fingerprint density at radius 2 is 2.00 bits per heavy atom. The Kier molecular flexibility index (Phi) is 3.73. The summed E-state index contributed by atoms with van der Waals surface area (Å²) in [4.78, 5) is 13.5. The van der Waals surface area contributed by atoms with E-state index < -0.39 is 29.6 Å². The number of carboxylic acids is 1. The van der Waals surface area contributed by atoms with Crippen molar-refractivity contribution >= 4 is 28.6 Å². The average Bonchev–Trinajstić information content (AvgIpc) is 2.14. The molecule has 1 rings (SSSR count). The summed E-state index contributed by atoms with van der Waals surface area (Å²) in [6, 6.07) is 1.84. The number of aliphatic hydroxyl groups is 1. The first-order valence-electron chi connectivity index (χ1n) is 3.87. The van der Waals surface area contributed by atoms with Crippen LogP contribution in [0.25, 0.3) is 0 Å². The summed E-state index contributed by atoms with van der Waals surface area (Å²) in [7, 11) is 0. The van der Waals surface area contributed by atoms with E-state index >= 15 is 0 Å². The zero-order chi connectivity index (χ0) is 12.5. The SMILES string of the molecule is O=C(O)C(O)c1cc(I)cc(C(F)(F)F)n1. The summed E-state index contributed by atoms with van der Waals surface area (Å²) in [5.41, 5.74) is -1.76. The number of alkyl halides is 3. The molecule has 1 heterocycles. The van der Waals surface area contributed by atoms with Gasteiger partial charge in [-0.2, -0.15) is 13.2 Å². The van der Waals surface area contributed by atoms with E-state index in [1.807, 2.05) is 0 Å². The summed E-state index contributed by atoms with van der Waals surface area (Å²) in [6.45, 7) is 0. The van der Waals surface area contributed by atoms with E-state index in [1.165, 1.54) is 0 Å². The lowest BCUT2D eigenvalue weighted by Crippen LogP contribution is -2.16. The number of carbonyl (C=O) groups is 1.